The molecule has 0 saturated heterocycles. The topological polar surface area (TPSA) is 69.4 Å². The van der Waals surface area contributed by atoms with Crippen LogP contribution in [0, 0.1) is 0 Å². The molecule has 1 N–H and O–H groups in total. The molecule has 3 heterocycles. The zero-order valence-corrected chi connectivity index (χ0v) is 15.9. The van der Waals surface area contributed by atoms with Gasteiger partial charge < -0.3 is 19.3 Å². The van der Waals surface area contributed by atoms with Crippen molar-refractivity contribution in [2.45, 2.75) is 50.9 Å². The molecule has 27 heavy (non-hydrogen) atoms. The van der Waals surface area contributed by atoms with E-state index in [1.165, 1.54) is 6.42 Å². The van der Waals surface area contributed by atoms with Crippen LogP contribution in [0.2, 0.25) is 0 Å². The van der Waals surface area contributed by atoms with Gasteiger partial charge in [-0.2, -0.15) is 4.98 Å². The van der Waals surface area contributed by atoms with Gasteiger partial charge in [-0.3, -0.25) is 0 Å². The summed E-state index contributed by atoms with van der Waals surface area (Å²) >= 11 is 1.59. The summed E-state index contributed by atoms with van der Waals surface area (Å²) in [4.78, 5) is 5.50. The average molecular weight is 383 g/mol. The average Bonchev–Trinajstić information content (AvgIpc) is 3.41. The second kappa shape index (κ2) is 6.56. The Balaban J connectivity index is 1.30. The third-order valence-electron chi connectivity index (χ3n) is 5.09. The van der Waals surface area contributed by atoms with E-state index in [0.717, 1.165) is 47.7 Å². The van der Waals surface area contributed by atoms with Crippen molar-refractivity contribution in [2.75, 3.05) is 5.32 Å². The molecule has 140 valence electrons. The van der Waals surface area contributed by atoms with E-state index in [0.29, 0.717) is 11.7 Å². The number of fused-ring (bicyclic) bond motifs is 1. The van der Waals surface area contributed by atoms with Crippen molar-refractivity contribution in [3.8, 4) is 22.2 Å². The zero-order valence-electron chi connectivity index (χ0n) is 15.1. The fourth-order valence-electron chi connectivity index (χ4n) is 3.71. The highest BCUT2D eigenvalue weighted by molar-refractivity contribution is 7.13. The second-order valence-corrected chi connectivity index (χ2v) is 8.08. The predicted molar refractivity (Wildman–Crippen MR) is 103 cm³/mol. The van der Waals surface area contributed by atoms with Crippen molar-refractivity contribution in [2.24, 2.45) is 0 Å². The molecule has 5 rings (SSSR count). The van der Waals surface area contributed by atoms with E-state index in [1.54, 1.807) is 11.3 Å². The second-order valence-electron chi connectivity index (χ2n) is 7.14. The first kappa shape index (κ1) is 16.6. The molecule has 1 unspecified atom stereocenters. The molecule has 1 aromatic carbocycles. The van der Waals surface area contributed by atoms with Crippen LogP contribution < -0.4 is 14.8 Å². The highest BCUT2D eigenvalue weighted by atomic mass is 32.1. The number of aromatic nitrogens is 2. The van der Waals surface area contributed by atoms with Crippen molar-refractivity contribution in [3.05, 3.63) is 41.6 Å². The fraction of sp³-hybridized carbons (Fsp3) is 0.400. The Hall–Kier alpha value is -2.54. The van der Waals surface area contributed by atoms with Crippen molar-refractivity contribution in [1.82, 2.24) is 10.1 Å². The molecule has 7 heteroatoms. The van der Waals surface area contributed by atoms with E-state index in [2.05, 4.69) is 15.5 Å². The summed E-state index contributed by atoms with van der Waals surface area (Å²) in [6, 6.07) is 9.80. The molecule has 2 aromatic heterocycles. The Bertz CT molecular complexity index is 932. The van der Waals surface area contributed by atoms with Gasteiger partial charge in [0.25, 0.3) is 5.79 Å². The van der Waals surface area contributed by atoms with Gasteiger partial charge in [-0.25, -0.2) is 0 Å². The van der Waals surface area contributed by atoms with Gasteiger partial charge in [0.2, 0.25) is 11.7 Å². The number of anilines is 1. The molecule has 0 amide bonds. The maximum absolute atomic E-state index is 6.20. The van der Waals surface area contributed by atoms with Crippen LogP contribution in [0.15, 0.2) is 40.2 Å². The van der Waals surface area contributed by atoms with Crippen LogP contribution in [0.1, 0.15) is 51.0 Å². The quantitative estimate of drug-likeness (QED) is 0.650. The number of nitrogens with one attached hydrogen (secondary N) is 1. The summed E-state index contributed by atoms with van der Waals surface area (Å²) in [6.07, 6.45) is 5.47. The van der Waals surface area contributed by atoms with Gasteiger partial charge in [0, 0.05) is 24.6 Å². The molecule has 3 aromatic rings. The normalized spacial score (nSPS) is 18.6. The van der Waals surface area contributed by atoms with E-state index in [-0.39, 0.29) is 6.04 Å². The molecule has 1 spiro atoms. The summed E-state index contributed by atoms with van der Waals surface area (Å²) in [7, 11) is 0. The molecular formula is C20H21N3O3S. The molecule has 0 bridgehead atoms. The van der Waals surface area contributed by atoms with Crippen LogP contribution >= 0.6 is 11.3 Å². The molecule has 2 aliphatic rings. The van der Waals surface area contributed by atoms with Crippen LogP contribution in [0.3, 0.4) is 0 Å². The van der Waals surface area contributed by atoms with Crippen molar-refractivity contribution >= 4 is 17.0 Å². The lowest BCUT2D eigenvalue weighted by Gasteiger charge is -2.31. The van der Waals surface area contributed by atoms with Gasteiger partial charge in [-0.05, 0) is 43.3 Å². The minimum absolute atomic E-state index is 0.116. The third-order valence-corrected chi connectivity index (χ3v) is 5.95. The molecule has 6 nitrogen and oxygen atoms in total. The first-order valence-corrected chi connectivity index (χ1v) is 10.2. The van der Waals surface area contributed by atoms with Gasteiger partial charge in [0.15, 0.2) is 11.5 Å². The predicted octanol–water partition coefficient (Wildman–Crippen LogP) is 5.40. The molecule has 0 radical (unpaired) electrons. The number of hydrogen-bond donors (Lipinski definition) is 1. The molecule has 1 saturated carbocycles. The van der Waals surface area contributed by atoms with Gasteiger partial charge in [0.1, 0.15) is 6.04 Å². The Labute approximate surface area is 161 Å². The minimum atomic E-state index is -0.451. The van der Waals surface area contributed by atoms with E-state index in [4.69, 9.17) is 14.0 Å². The molecule has 1 aliphatic carbocycles. The van der Waals surface area contributed by atoms with Crippen LogP contribution in [0.4, 0.5) is 5.69 Å². The Morgan fingerprint density at radius 2 is 1.96 bits per heavy atom. The van der Waals surface area contributed by atoms with Gasteiger partial charge in [-0.1, -0.05) is 17.6 Å². The maximum Gasteiger partial charge on any atom is 0.251 e. The maximum atomic E-state index is 6.20. The van der Waals surface area contributed by atoms with Crippen molar-refractivity contribution < 1.29 is 14.0 Å². The molecule has 1 atom stereocenters. The number of hydrogen-bond acceptors (Lipinski definition) is 7. The number of nitrogens with zero attached hydrogens (tertiary/aromatic N) is 2. The zero-order chi connectivity index (χ0) is 18.3. The Morgan fingerprint density at radius 1 is 1.11 bits per heavy atom. The highest BCUT2D eigenvalue weighted by Crippen LogP contribution is 2.46. The Morgan fingerprint density at radius 3 is 2.78 bits per heavy atom. The van der Waals surface area contributed by atoms with Crippen LogP contribution in [0.5, 0.6) is 11.5 Å². The van der Waals surface area contributed by atoms with E-state index in [1.807, 2.05) is 42.6 Å². The lowest BCUT2D eigenvalue weighted by molar-refractivity contribution is -0.105. The summed E-state index contributed by atoms with van der Waals surface area (Å²) in [6.45, 7) is 2.00. The lowest BCUT2D eigenvalue weighted by atomic mass is 9.94. The summed E-state index contributed by atoms with van der Waals surface area (Å²) < 4.78 is 17.8. The number of ether oxygens (including phenoxy) is 2. The fourth-order valence-corrected chi connectivity index (χ4v) is 4.36. The number of benzene rings is 1. The van der Waals surface area contributed by atoms with E-state index >= 15 is 0 Å². The minimum Gasteiger partial charge on any atom is -0.448 e. The summed E-state index contributed by atoms with van der Waals surface area (Å²) in [5, 5.41) is 9.48. The Kier molecular flexibility index (Phi) is 4.04. The SMILES string of the molecule is CC(Nc1ccc2c(c1)OC1(CCCCC1)O2)c1nc(-c2cccs2)no1. The van der Waals surface area contributed by atoms with Crippen LogP contribution in [0.25, 0.3) is 10.7 Å². The van der Waals surface area contributed by atoms with E-state index < -0.39 is 5.79 Å². The van der Waals surface area contributed by atoms with Crippen molar-refractivity contribution in [1.29, 1.82) is 0 Å². The first-order valence-electron chi connectivity index (χ1n) is 9.37. The summed E-state index contributed by atoms with van der Waals surface area (Å²) in [5.41, 5.74) is 0.939. The van der Waals surface area contributed by atoms with E-state index in [9.17, 15) is 0 Å². The highest BCUT2D eigenvalue weighted by Gasteiger charge is 2.42. The van der Waals surface area contributed by atoms with Gasteiger partial charge in [0.05, 0.1) is 4.88 Å². The first-order chi connectivity index (χ1) is 13.2. The van der Waals surface area contributed by atoms with Crippen LogP contribution in [-0.2, 0) is 0 Å². The number of rotatable bonds is 4. The molecular weight excluding hydrogens is 362 g/mol. The third kappa shape index (κ3) is 3.16. The van der Waals surface area contributed by atoms with Gasteiger partial charge >= 0.3 is 0 Å². The van der Waals surface area contributed by atoms with Crippen LogP contribution in [-0.4, -0.2) is 15.9 Å². The largest absolute Gasteiger partial charge is 0.448 e. The van der Waals surface area contributed by atoms with Gasteiger partial charge in [-0.15, -0.1) is 11.3 Å². The monoisotopic (exact) mass is 383 g/mol. The summed E-state index contributed by atoms with van der Waals surface area (Å²) in [5.74, 6) is 2.36. The number of thiophene rings is 1. The molecule has 1 fully saturated rings. The van der Waals surface area contributed by atoms with Crippen molar-refractivity contribution in [3.63, 3.8) is 0 Å². The standard InChI is InChI=1S/C20H21N3O3S/c1-13(19-22-18(23-26-19)17-6-5-11-27-17)21-14-7-8-15-16(12-14)25-20(24-15)9-3-2-4-10-20/h5-8,11-13,21H,2-4,9-10H2,1H3. The molecule has 1 aliphatic heterocycles. The smallest absolute Gasteiger partial charge is 0.251 e. The lowest BCUT2D eigenvalue weighted by Crippen LogP contribution is -2.40.